The third-order valence-corrected chi connectivity index (χ3v) is 4.78. The van der Waals surface area contributed by atoms with Gasteiger partial charge >= 0.3 is 5.97 Å². The average molecular weight is 290 g/mol. The van der Waals surface area contributed by atoms with Crippen molar-refractivity contribution in [3.63, 3.8) is 0 Å². The third-order valence-electron chi connectivity index (χ3n) is 3.93. The first-order valence-corrected chi connectivity index (χ1v) is 7.82. The molecule has 0 bridgehead atoms. The summed E-state index contributed by atoms with van der Waals surface area (Å²) < 4.78 is 6.58. The van der Waals surface area contributed by atoms with E-state index in [0.29, 0.717) is 16.6 Å². The van der Waals surface area contributed by atoms with Gasteiger partial charge in [-0.1, -0.05) is 24.7 Å². The maximum atomic E-state index is 12.2. The average Bonchev–Trinajstić information content (AvgIpc) is 2.80. The quantitative estimate of drug-likeness (QED) is 0.858. The fourth-order valence-corrected chi connectivity index (χ4v) is 3.51. The molecule has 1 aromatic heterocycles. The van der Waals surface area contributed by atoms with Gasteiger partial charge in [-0.05, 0) is 43.4 Å². The van der Waals surface area contributed by atoms with Crippen LogP contribution in [0.4, 0.5) is 5.13 Å². The van der Waals surface area contributed by atoms with E-state index in [-0.39, 0.29) is 12.1 Å². The second kappa shape index (κ2) is 5.40. The number of nitrogens with two attached hydrogens (primary N) is 1. The summed E-state index contributed by atoms with van der Waals surface area (Å²) in [6.45, 7) is 2.16. The normalized spacial score (nSPS) is 22.9. The van der Waals surface area contributed by atoms with E-state index in [1.54, 1.807) is 6.07 Å². The number of ether oxygens (including phenoxy) is 1. The lowest BCUT2D eigenvalue weighted by atomic mass is 9.88. The summed E-state index contributed by atoms with van der Waals surface area (Å²) >= 11 is 1.39. The highest BCUT2D eigenvalue weighted by atomic mass is 32.1. The molecule has 1 aliphatic rings. The Hall–Kier alpha value is -1.62. The molecule has 20 heavy (non-hydrogen) atoms. The highest BCUT2D eigenvalue weighted by Crippen LogP contribution is 2.28. The molecular formula is C15H18N2O2S. The van der Waals surface area contributed by atoms with Gasteiger partial charge in [0, 0.05) is 0 Å². The van der Waals surface area contributed by atoms with Crippen LogP contribution in [-0.4, -0.2) is 17.1 Å². The van der Waals surface area contributed by atoms with E-state index in [0.717, 1.165) is 29.5 Å². The van der Waals surface area contributed by atoms with Crippen LogP contribution in [0.5, 0.6) is 0 Å². The maximum Gasteiger partial charge on any atom is 0.338 e. The monoisotopic (exact) mass is 290 g/mol. The minimum Gasteiger partial charge on any atom is -0.459 e. The largest absolute Gasteiger partial charge is 0.459 e. The van der Waals surface area contributed by atoms with E-state index in [1.165, 1.54) is 17.8 Å². The maximum absolute atomic E-state index is 12.2. The van der Waals surface area contributed by atoms with Crippen molar-refractivity contribution in [2.24, 2.45) is 5.92 Å². The van der Waals surface area contributed by atoms with Gasteiger partial charge in [-0.3, -0.25) is 0 Å². The number of aromatic nitrogens is 1. The van der Waals surface area contributed by atoms with Crippen molar-refractivity contribution in [2.45, 2.75) is 38.7 Å². The van der Waals surface area contributed by atoms with E-state index in [9.17, 15) is 4.79 Å². The summed E-state index contributed by atoms with van der Waals surface area (Å²) in [6.07, 6.45) is 4.55. The first kappa shape index (κ1) is 13.4. The zero-order chi connectivity index (χ0) is 14.1. The minimum absolute atomic E-state index is 0.0541. The molecule has 1 aromatic carbocycles. The number of hydrogen-bond donors (Lipinski definition) is 1. The Balaban J connectivity index is 1.77. The number of anilines is 1. The van der Waals surface area contributed by atoms with Crippen molar-refractivity contribution >= 4 is 32.7 Å². The number of fused-ring (bicyclic) bond motifs is 1. The van der Waals surface area contributed by atoms with Crippen molar-refractivity contribution in [1.82, 2.24) is 4.98 Å². The molecule has 4 nitrogen and oxygen atoms in total. The number of esters is 1. The second-order valence-electron chi connectivity index (χ2n) is 5.44. The smallest absolute Gasteiger partial charge is 0.338 e. The Morgan fingerprint density at radius 3 is 3.00 bits per heavy atom. The summed E-state index contributed by atoms with van der Waals surface area (Å²) in [7, 11) is 0. The number of hydrogen-bond acceptors (Lipinski definition) is 5. The minimum atomic E-state index is -0.238. The molecule has 1 fully saturated rings. The molecule has 2 atom stereocenters. The fourth-order valence-electron chi connectivity index (χ4n) is 2.73. The number of rotatable bonds is 2. The van der Waals surface area contributed by atoms with E-state index in [4.69, 9.17) is 10.5 Å². The Morgan fingerprint density at radius 1 is 1.40 bits per heavy atom. The molecule has 5 heteroatoms. The molecule has 0 radical (unpaired) electrons. The molecular weight excluding hydrogens is 272 g/mol. The van der Waals surface area contributed by atoms with Gasteiger partial charge in [0.05, 0.1) is 15.8 Å². The van der Waals surface area contributed by atoms with E-state index in [1.807, 2.05) is 12.1 Å². The number of carbonyl (C=O) groups is 1. The molecule has 2 aromatic rings. The Bertz CT molecular complexity index is 638. The standard InChI is InChI=1S/C15H18N2O2S/c1-9-4-2-3-5-12(9)19-14(18)10-6-7-11-13(8-10)20-15(16)17-11/h6-9,12H,2-5H2,1H3,(H2,16,17). The van der Waals surface area contributed by atoms with Crippen molar-refractivity contribution in [3.05, 3.63) is 23.8 Å². The van der Waals surface area contributed by atoms with Crippen LogP contribution < -0.4 is 5.73 Å². The number of nitrogen functional groups attached to an aromatic ring is 1. The second-order valence-corrected chi connectivity index (χ2v) is 6.50. The van der Waals surface area contributed by atoms with Gasteiger partial charge in [0.1, 0.15) is 6.10 Å². The first-order valence-electron chi connectivity index (χ1n) is 7.00. The van der Waals surface area contributed by atoms with Gasteiger partial charge < -0.3 is 10.5 Å². The van der Waals surface area contributed by atoms with Crippen molar-refractivity contribution in [1.29, 1.82) is 0 Å². The van der Waals surface area contributed by atoms with Gasteiger partial charge in [0.2, 0.25) is 0 Å². The molecule has 0 amide bonds. The summed E-state index contributed by atoms with van der Waals surface area (Å²) in [5.41, 5.74) is 7.09. The molecule has 3 rings (SSSR count). The summed E-state index contributed by atoms with van der Waals surface area (Å²) in [6, 6.07) is 5.40. The van der Waals surface area contributed by atoms with E-state index in [2.05, 4.69) is 11.9 Å². The number of benzene rings is 1. The predicted octanol–water partition coefficient (Wildman–Crippen LogP) is 3.61. The van der Waals surface area contributed by atoms with Crippen LogP contribution in [0, 0.1) is 5.92 Å². The van der Waals surface area contributed by atoms with Crippen molar-refractivity contribution < 1.29 is 9.53 Å². The lowest BCUT2D eigenvalue weighted by Gasteiger charge is -2.28. The Labute approximate surface area is 122 Å². The van der Waals surface area contributed by atoms with Gasteiger partial charge in [-0.25, -0.2) is 9.78 Å². The van der Waals surface area contributed by atoms with Gasteiger partial charge in [-0.2, -0.15) is 0 Å². The summed E-state index contributed by atoms with van der Waals surface area (Å²) in [4.78, 5) is 16.4. The molecule has 1 aliphatic carbocycles. The van der Waals surface area contributed by atoms with Crippen LogP contribution in [0.3, 0.4) is 0 Å². The lowest BCUT2D eigenvalue weighted by molar-refractivity contribution is 0.00483. The molecule has 0 saturated heterocycles. The number of nitrogens with zero attached hydrogens (tertiary/aromatic N) is 1. The van der Waals surface area contributed by atoms with Crippen LogP contribution in [0.25, 0.3) is 10.2 Å². The highest BCUT2D eigenvalue weighted by molar-refractivity contribution is 7.22. The number of carbonyl (C=O) groups excluding carboxylic acids is 1. The zero-order valence-electron chi connectivity index (χ0n) is 11.5. The Morgan fingerprint density at radius 2 is 2.20 bits per heavy atom. The third kappa shape index (κ3) is 2.63. The summed E-state index contributed by atoms with van der Waals surface area (Å²) in [5, 5.41) is 0.520. The first-order chi connectivity index (χ1) is 9.63. The van der Waals surface area contributed by atoms with Crippen molar-refractivity contribution in [2.75, 3.05) is 5.73 Å². The van der Waals surface area contributed by atoms with E-state index < -0.39 is 0 Å². The summed E-state index contributed by atoms with van der Waals surface area (Å²) in [5.74, 6) is 0.216. The fraction of sp³-hybridized carbons (Fsp3) is 0.467. The molecule has 106 valence electrons. The highest BCUT2D eigenvalue weighted by Gasteiger charge is 2.25. The predicted molar refractivity (Wildman–Crippen MR) is 80.9 cm³/mol. The van der Waals surface area contributed by atoms with Crippen LogP contribution in [0.2, 0.25) is 0 Å². The van der Waals surface area contributed by atoms with Crippen LogP contribution in [0.1, 0.15) is 43.0 Å². The Kier molecular flexibility index (Phi) is 3.61. The van der Waals surface area contributed by atoms with Gasteiger partial charge in [-0.15, -0.1) is 0 Å². The zero-order valence-corrected chi connectivity index (χ0v) is 12.3. The molecule has 2 unspecified atom stereocenters. The lowest BCUT2D eigenvalue weighted by Crippen LogP contribution is -2.28. The van der Waals surface area contributed by atoms with Crippen LogP contribution in [0.15, 0.2) is 18.2 Å². The van der Waals surface area contributed by atoms with E-state index >= 15 is 0 Å². The van der Waals surface area contributed by atoms with Crippen LogP contribution >= 0.6 is 11.3 Å². The van der Waals surface area contributed by atoms with Gasteiger partial charge in [0.15, 0.2) is 5.13 Å². The molecule has 1 saturated carbocycles. The topological polar surface area (TPSA) is 65.2 Å². The number of thiazole rings is 1. The molecule has 2 N–H and O–H groups in total. The SMILES string of the molecule is CC1CCCCC1OC(=O)c1ccc2nc(N)sc2c1. The van der Waals surface area contributed by atoms with Gasteiger partial charge in [0.25, 0.3) is 0 Å². The van der Waals surface area contributed by atoms with Crippen molar-refractivity contribution in [3.8, 4) is 0 Å². The molecule has 0 aliphatic heterocycles. The molecule has 0 spiro atoms. The van der Waals surface area contributed by atoms with Crippen LogP contribution in [-0.2, 0) is 4.74 Å². The molecule has 1 heterocycles.